The van der Waals surface area contributed by atoms with Gasteiger partial charge >= 0.3 is 5.97 Å². The quantitative estimate of drug-likeness (QED) is 0.345. The molecular formula is C12H12ClNO4. The molecule has 0 aromatic heterocycles. The first-order valence-corrected chi connectivity index (χ1v) is 5.62. The van der Waals surface area contributed by atoms with Gasteiger partial charge in [-0.15, -0.1) is 0 Å². The summed E-state index contributed by atoms with van der Waals surface area (Å²) in [5, 5.41) is 10.7. The van der Waals surface area contributed by atoms with Gasteiger partial charge in [-0.05, 0) is 12.0 Å². The number of aryl methyl sites for hydroxylation is 1. The fourth-order valence-corrected chi connectivity index (χ4v) is 1.65. The molecule has 0 heterocycles. The first-order valence-electron chi connectivity index (χ1n) is 5.24. The van der Waals surface area contributed by atoms with E-state index in [0.717, 1.165) is 0 Å². The maximum absolute atomic E-state index is 11.3. The average Bonchev–Trinajstić information content (AvgIpc) is 2.34. The smallest absolute Gasteiger partial charge is 0.306 e. The molecule has 0 N–H and O–H groups in total. The number of carbonyl (C=O) groups is 1. The van der Waals surface area contributed by atoms with Gasteiger partial charge in [0.25, 0.3) is 5.69 Å². The van der Waals surface area contributed by atoms with E-state index in [1.807, 2.05) is 0 Å². The van der Waals surface area contributed by atoms with Gasteiger partial charge < -0.3 is 4.74 Å². The van der Waals surface area contributed by atoms with Crippen LogP contribution in [0.3, 0.4) is 0 Å². The number of halogens is 1. The number of carbonyl (C=O) groups excluding carboxylic acids is 1. The Balaban J connectivity index is 2.68. The maximum Gasteiger partial charge on any atom is 0.306 e. The molecule has 1 aromatic carbocycles. The lowest BCUT2D eigenvalue weighted by Gasteiger charge is -2.04. The highest BCUT2D eigenvalue weighted by atomic mass is 35.5. The van der Waals surface area contributed by atoms with Crippen molar-refractivity contribution in [1.82, 2.24) is 0 Å². The normalized spacial score (nSPS) is 9.83. The third-order valence-electron chi connectivity index (χ3n) is 2.22. The van der Waals surface area contributed by atoms with Crippen LogP contribution in [0.5, 0.6) is 0 Å². The molecule has 6 heteroatoms. The van der Waals surface area contributed by atoms with Crippen LogP contribution in [0.15, 0.2) is 30.9 Å². The standard InChI is InChI=1S/C12H12ClNO4/c1-2-8-18-11(15)7-6-9-4-3-5-10(12(9)13)14(16)17/h2-5H,1,6-8H2. The fraction of sp³-hybridized carbons (Fsp3) is 0.250. The van der Waals surface area contributed by atoms with E-state index < -0.39 is 10.9 Å². The summed E-state index contributed by atoms with van der Waals surface area (Å²) in [5.41, 5.74) is 0.398. The Morgan fingerprint density at radius 2 is 2.28 bits per heavy atom. The van der Waals surface area contributed by atoms with E-state index in [2.05, 4.69) is 6.58 Å². The number of hydrogen-bond donors (Lipinski definition) is 0. The molecule has 0 saturated heterocycles. The Morgan fingerprint density at radius 3 is 2.89 bits per heavy atom. The Labute approximate surface area is 109 Å². The lowest BCUT2D eigenvalue weighted by molar-refractivity contribution is -0.384. The molecule has 0 aliphatic carbocycles. The van der Waals surface area contributed by atoms with Gasteiger partial charge in [-0.25, -0.2) is 0 Å². The van der Waals surface area contributed by atoms with Gasteiger partial charge in [-0.2, -0.15) is 0 Å². The average molecular weight is 270 g/mol. The first kappa shape index (κ1) is 14.2. The van der Waals surface area contributed by atoms with Crippen LogP contribution in [0.25, 0.3) is 0 Å². The highest BCUT2D eigenvalue weighted by Crippen LogP contribution is 2.28. The third kappa shape index (κ3) is 3.85. The number of hydrogen-bond acceptors (Lipinski definition) is 4. The minimum atomic E-state index is -0.554. The number of nitro benzene ring substituents is 1. The molecule has 0 bridgehead atoms. The Kier molecular flexibility index (Phi) is 5.32. The molecule has 0 atom stereocenters. The lowest BCUT2D eigenvalue weighted by atomic mass is 10.1. The van der Waals surface area contributed by atoms with E-state index in [9.17, 15) is 14.9 Å². The van der Waals surface area contributed by atoms with Crippen molar-refractivity contribution in [2.24, 2.45) is 0 Å². The second kappa shape index (κ2) is 6.76. The third-order valence-corrected chi connectivity index (χ3v) is 2.65. The molecule has 0 spiro atoms. The molecule has 0 fully saturated rings. The molecule has 0 saturated carbocycles. The first-order chi connectivity index (χ1) is 8.56. The van der Waals surface area contributed by atoms with Gasteiger partial charge in [0.05, 0.1) is 4.92 Å². The van der Waals surface area contributed by atoms with Crippen LogP contribution < -0.4 is 0 Å². The largest absolute Gasteiger partial charge is 0.461 e. The van der Waals surface area contributed by atoms with Crippen LogP contribution in [-0.4, -0.2) is 17.5 Å². The van der Waals surface area contributed by atoms with Crippen LogP contribution in [0.2, 0.25) is 5.02 Å². The number of nitro groups is 1. The summed E-state index contributed by atoms with van der Waals surface area (Å²) in [6.07, 6.45) is 1.89. The minimum Gasteiger partial charge on any atom is -0.461 e. The van der Waals surface area contributed by atoms with Crippen LogP contribution in [0.4, 0.5) is 5.69 Å². The van der Waals surface area contributed by atoms with Crippen molar-refractivity contribution in [2.45, 2.75) is 12.8 Å². The van der Waals surface area contributed by atoms with Gasteiger partial charge in [0, 0.05) is 12.5 Å². The second-order valence-corrected chi connectivity index (χ2v) is 3.86. The molecule has 5 nitrogen and oxygen atoms in total. The summed E-state index contributed by atoms with van der Waals surface area (Å²) in [7, 11) is 0. The molecule has 96 valence electrons. The molecule has 0 amide bonds. The van der Waals surface area contributed by atoms with Crippen molar-refractivity contribution in [3.63, 3.8) is 0 Å². The molecule has 1 aromatic rings. The van der Waals surface area contributed by atoms with Crippen molar-refractivity contribution in [2.75, 3.05) is 6.61 Å². The van der Waals surface area contributed by atoms with Gasteiger partial charge in [-0.1, -0.05) is 36.4 Å². The Morgan fingerprint density at radius 1 is 1.56 bits per heavy atom. The predicted octanol–water partition coefficient (Wildman–Crippen LogP) is 2.91. The minimum absolute atomic E-state index is 0.0685. The summed E-state index contributed by atoms with van der Waals surface area (Å²) >= 11 is 5.88. The van der Waals surface area contributed by atoms with E-state index in [0.29, 0.717) is 12.0 Å². The van der Waals surface area contributed by atoms with Gasteiger partial charge in [0.1, 0.15) is 11.6 Å². The molecule has 0 aliphatic rings. The van der Waals surface area contributed by atoms with E-state index in [1.165, 1.54) is 18.2 Å². The SMILES string of the molecule is C=CCOC(=O)CCc1cccc([N+](=O)[O-])c1Cl. The fourth-order valence-electron chi connectivity index (χ4n) is 1.36. The summed E-state index contributed by atoms with van der Waals surface area (Å²) in [5.74, 6) is -0.391. The Bertz CT molecular complexity index is 473. The zero-order valence-electron chi connectivity index (χ0n) is 9.60. The molecule has 1 rings (SSSR count). The van der Waals surface area contributed by atoms with Gasteiger partial charge in [0.2, 0.25) is 0 Å². The van der Waals surface area contributed by atoms with Crippen molar-refractivity contribution in [3.05, 3.63) is 51.6 Å². The van der Waals surface area contributed by atoms with Crippen LogP contribution in [-0.2, 0) is 16.0 Å². The molecule has 18 heavy (non-hydrogen) atoms. The summed E-state index contributed by atoms with van der Waals surface area (Å²) in [6, 6.07) is 4.51. The molecule has 0 unspecified atom stereocenters. The van der Waals surface area contributed by atoms with Gasteiger partial charge in [-0.3, -0.25) is 14.9 Å². The second-order valence-electron chi connectivity index (χ2n) is 3.48. The number of ether oxygens (including phenoxy) is 1. The van der Waals surface area contributed by atoms with Crippen molar-refractivity contribution in [3.8, 4) is 0 Å². The topological polar surface area (TPSA) is 69.4 Å². The van der Waals surface area contributed by atoms with E-state index in [4.69, 9.17) is 16.3 Å². The zero-order chi connectivity index (χ0) is 13.5. The summed E-state index contributed by atoms with van der Waals surface area (Å²) in [4.78, 5) is 21.4. The van der Waals surface area contributed by atoms with Crippen LogP contribution >= 0.6 is 11.6 Å². The van der Waals surface area contributed by atoms with E-state index in [1.54, 1.807) is 6.07 Å². The number of benzene rings is 1. The molecule has 0 radical (unpaired) electrons. The predicted molar refractivity (Wildman–Crippen MR) is 67.6 cm³/mol. The molecular weight excluding hydrogens is 258 g/mol. The molecule has 0 aliphatic heterocycles. The summed E-state index contributed by atoms with van der Waals surface area (Å²) < 4.78 is 4.80. The van der Waals surface area contributed by atoms with Crippen LogP contribution in [0.1, 0.15) is 12.0 Å². The zero-order valence-corrected chi connectivity index (χ0v) is 10.4. The van der Waals surface area contributed by atoms with Gasteiger partial charge in [0.15, 0.2) is 0 Å². The number of rotatable bonds is 6. The number of nitrogens with zero attached hydrogens (tertiary/aromatic N) is 1. The summed E-state index contributed by atoms with van der Waals surface area (Å²) in [6.45, 7) is 3.58. The van der Waals surface area contributed by atoms with Crippen LogP contribution in [0, 0.1) is 10.1 Å². The van der Waals surface area contributed by atoms with E-state index in [-0.39, 0.29) is 23.7 Å². The lowest BCUT2D eigenvalue weighted by Crippen LogP contribution is -2.06. The monoisotopic (exact) mass is 269 g/mol. The van der Waals surface area contributed by atoms with Crippen molar-refractivity contribution < 1.29 is 14.5 Å². The van der Waals surface area contributed by atoms with Crippen molar-refractivity contribution in [1.29, 1.82) is 0 Å². The van der Waals surface area contributed by atoms with Crippen molar-refractivity contribution >= 4 is 23.3 Å². The van der Waals surface area contributed by atoms with E-state index >= 15 is 0 Å². The number of esters is 1. The maximum atomic E-state index is 11.3. The highest BCUT2D eigenvalue weighted by molar-refractivity contribution is 6.33. The Hall–Kier alpha value is -1.88. The highest BCUT2D eigenvalue weighted by Gasteiger charge is 2.15.